The molecule has 1 saturated heterocycles. The van der Waals surface area contributed by atoms with E-state index in [0.29, 0.717) is 25.7 Å². The summed E-state index contributed by atoms with van der Waals surface area (Å²) in [4.78, 5) is 14.3. The molecule has 1 aliphatic heterocycles. The Kier molecular flexibility index (Phi) is 4.41. The maximum atomic E-state index is 12.8. The third-order valence-corrected chi connectivity index (χ3v) is 10.4. The molecule has 128 valence electrons. The highest BCUT2D eigenvalue weighted by Gasteiger charge is 2.57. The molecule has 1 heterocycles. The quantitative estimate of drug-likeness (QED) is 0.746. The highest BCUT2D eigenvalue weighted by molar-refractivity contribution is 7.93. The van der Waals surface area contributed by atoms with Gasteiger partial charge in [0.1, 0.15) is 0 Å². The Morgan fingerprint density at radius 2 is 1.73 bits per heavy atom. The maximum absolute atomic E-state index is 12.8. The van der Waals surface area contributed by atoms with E-state index in [9.17, 15) is 21.6 Å². The molecule has 1 aliphatic carbocycles. The third-order valence-electron chi connectivity index (χ3n) is 5.61. The molecule has 1 saturated carbocycles. The standard InChI is InChI=1S/C14H25NO5S2/c1-4-13(5-2)11-15(9-10-22(13,19)20)12(16)14(7-6-8-14)21(3,17)18/h4-11H2,1-3H3. The summed E-state index contributed by atoms with van der Waals surface area (Å²) in [6.45, 7) is 3.83. The first-order valence-electron chi connectivity index (χ1n) is 7.76. The van der Waals surface area contributed by atoms with Crippen LogP contribution in [0, 0.1) is 0 Å². The summed E-state index contributed by atoms with van der Waals surface area (Å²) in [7, 11) is -6.76. The normalized spacial score (nSPS) is 26.2. The van der Waals surface area contributed by atoms with Crippen LogP contribution in [0.5, 0.6) is 0 Å². The molecule has 0 N–H and O–H groups in total. The van der Waals surface area contributed by atoms with E-state index in [1.807, 2.05) is 13.8 Å². The molecule has 0 unspecified atom stereocenters. The van der Waals surface area contributed by atoms with Crippen molar-refractivity contribution in [3.05, 3.63) is 0 Å². The van der Waals surface area contributed by atoms with Gasteiger partial charge in [-0.25, -0.2) is 16.8 Å². The molecule has 0 bridgehead atoms. The smallest absolute Gasteiger partial charge is 0.244 e. The predicted octanol–water partition coefficient (Wildman–Crippen LogP) is 0.770. The molecule has 0 aromatic rings. The summed E-state index contributed by atoms with van der Waals surface area (Å²) in [5.41, 5.74) is 0. The average molecular weight is 351 g/mol. The van der Waals surface area contributed by atoms with Crippen molar-refractivity contribution in [1.82, 2.24) is 4.90 Å². The SMILES string of the molecule is CCC1(CC)CN(C(=O)C2(S(C)(=O)=O)CCC2)CCS1(=O)=O. The summed E-state index contributed by atoms with van der Waals surface area (Å²) in [6, 6.07) is 0. The number of carbonyl (C=O) groups is 1. The first-order chi connectivity index (χ1) is 10.1. The Bertz CT molecular complexity index is 657. The number of nitrogens with zero attached hydrogens (tertiary/aromatic N) is 1. The minimum Gasteiger partial charge on any atom is -0.339 e. The van der Waals surface area contributed by atoms with Gasteiger partial charge in [0.2, 0.25) is 5.91 Å². The number of rotatable bonds is 4. The second kappa shape index (κ2) is 5.47. The van der Waals surface area contributed by atoms with Crippen LogP contribution in [0.4, 0.5) is 0 Å². The summed E-state index contributed by atoms with van der Waals surface area (Å²) in [6.07, 6.45) is 3.39. The highest BCUT2D eigenvalue weighted by Crippen LogP contribution is 2.42. The van der Waals surface area contributed by atoms with E-state index >= 15 is 0 Å². The van der Waals surface area contributed by atoms with Crippen LogP contribution in [0.15, 0.2) is 0 Å². The molecule has 6 nitrogen and oxygen atoms in total. The lowest BCUT2D eigenvalue weighted by Gasteiger charge is -2.47. The van der Waals surface area contributed by atoms with Crippen molar-refractivity contribution in [1.29, 1.82) is 0 Å². The Morgan fingerprint density at radius 1 is 1.18 bits per heavy atom. The summed E-state index contributed by atoms with van der Waals surface area (Å²) >= 11 is 0. The first-order valence-corrected chi connectivity index (χ1v) is 11.3. The molecule has 2 fully saturated rings. The predicted molar refractivity (Wildman–Crippen MR) is 85.1 cm³/mol. The highest BCUT2D eigenvalue weighted by atomic mass is 32.2. The fourth-order valence-electron chi connectivity index (χ4n) is 3.59. The molecule has 0 radical (unpaired) electrons. The summed E-state index contributed by atoms with van der Waals surface area (Å²) < 4.78 is 46.7. The van der Waals surface area contributed by atoms with Crippen LogP contribution in [0.1, 0.15) is 46.0 Å². The Hall–Kier alpha value is -0.630. The van der Waals surface area contributed by atoms with E-state index in [2.05, 4.69) is 0 Å². The van der Waals surface area contributed by atoms with Crippen LogP contribution < -0.4 is 0 Å². The Balaban J connectivity index is 2.34. The molecule has 0 aromatic heterocycles. The molecule has 2 aliphatic rings. The largest absolute Gasteiger partial charge is 0.339 e. The van der Waals surface area contributed by atoms with E-state index < -0.39 is 35.1 Å². The molecule has 22 heavy (non-hydrogen) atoms. The number of amides is 1. The van der Waals surface area contributed by atoms with E-state index in [1.165, 1.54) is 4.90 Å². The molecule has 0 atom stereocenters. The van der Waals surface area contributed by atoms with Crippen molar-refractivity contribution < 1.29 is 21.6 Å². The van der Waals surface area contributed by atoms with Crippen LogP contribution in [0.25, 0.3) is 0 Å². The second-order valence-corrected chi connectivity index (χ2v) is 11.4. The van der Waals surface area contributed by atoms with Gasteiger partial charge in [-0.2, -0.15) is 0 Å². The first kappa shape index (κ1) is 17.7. The zero-order chi connectivity index (χ0) is 16.8. The van der Waals surface area contributed by atoms with Crippen molar-refractivity contribution in [2.24, 2.45) is 0 Å². The summed E-state index contributed by atoms with van der Waals surface area (Å²) in [5.74, 6) is -0.484. The van der Waals surface area contributed by atoms with E-state index in [1.54, 1.807) is 0 Å². The molecule has 1 amide bonds. The zero-order valence-corrected chi connectivity index (χ0v) is 15.1. The van der Waals surface area contributed by atoms with Gasteiger partial charge in [-0.05, 0) is 32.1 Å². The van der Waals surface area contributed by atoms with E-state index in [0.717, 1.165) is 12.7 Å². The average Bonchev–Trinajstić information content (AvgIpc) is 2.35. The van der Waals surface area contributed by atoms with Gasteiger partial charge < -0.3 is 4.90 Å². The molecular formula is C14H25NO5S2. The fourth-order valence-corrected chi connectivity index (χ4v) is 7.19. The summed E-state index contributed by atoms with van der Waals surface area (Å²) in [5, 5.41) is 0. The number of hydrogen-bond donors (Lipinski definition) is 0. The molecule has 2 rings (SSSR count). The molecular weight excluding hydrogens is 326 g/mol. The molecule has 0 aromatic carbocycles. The number of carbonyl (C=O) groups excluding carboxylic acids is 1. The fraction of sp³-hybridized carbons (Fsp3) is 0.929. The monoisotopic (exact) mass is 351 g/mol. The third kappa shape index (κ3) is 2.38. The van der Waals surface area contributed by atoms with Gasteiger partial charge in [-0.3, -0.25) is 4.79 Å². The second-order valence-electron chi connectivity index (χ2n) is 6.56. The number of sulfone groups is 2. The van der Waals surface area contributed by atoms with E-state index in [-0.39, 0.29) is 18.8 Å². The lowest BCUT2D eigenvalue weighted by atomic mass is 9.82. The van der Waals surface area contributed by atoms with Crippen molar-refractivity contribution in [2.75, 3.05) is 25.1 Å². The zero-order valence-electron chi connectivity index (χ0n) is 13.5. The van der Waals surface area contributed by atoms with Gasteiger partial charge in [0.15, 0.2) is 24.4 Å². The van der Waals surface area contributed by atoms with E-state index in [4.69, 9.17) is 0 Å². The Morgan fingerprint density at radius 3 is 2.09 bits per heavy atom. The van der Waals surface area contributed by atoms with Crippen molar-refractivity contribution in [3.8, 4) is 0 Å². The Labute approximate surface area is 133 Å². The van der Waals surface area contributed by atoms with Crippen molar-refractivity contribution >= 4 is 25.6 Å². The van der Waals surface area contributed by atoms with Gasteiger partial charge in [-0.15, -0.1) is 0 Å². The van der Waals surface area contributed by atoms with Gasteiger partial charge in [0, 0.05) is 19.3 Å². The lowest BCUT2D eigenvalue weighted by Crippen LogP contribution is -2.64. The van der Waals surface area contributed by atoms with Gasteiger partial charge in [0.25, 0.3) is 0 Å². The van der Waals surface area contributed by atoms with Crippen molar-refractivity contribution in [3.63, 3.8) is 0 Å². The maximum Gasteiger partial charge on any atom is 0.244 e. The lowest BCUT2D eigenvalue weighted by molar-refractivity contribution is -0.136. The molecule has 8 heteroatoms. The number of hydrogen-bond acceptors (Lipinski definition) is 5. The minimum atomic E-state index is -3.50. The van der Waals surface area contributed by atoms with Crippen LogP contribution in [0.3, 0.4) is 0 Å². The van der Waals surface area contributed by atoms with Crippen molar-refractivity contribution in [2.45, 2.75) is 55.4 Å². The van der Waals surface area contributed by atoms with Crippen LogP contribution in [-0.4, -0.2) is 62.2 Å². The van der Waals surface area contributed by atoms with Gasteiger partial charge in [-0.1, -0.05) is 13.8 Å². The molecule has 0 spiro atoms. The van der Waals surface area contributed by atoms with Crippen LogP contribution >= 0.6 is 0 Å². The van der Waals surface area contributed by atoms with Gasteiger partial charge in [0.05, 0.1) is 10.5 Å². The van der Waals surface area contributed by atoms with Crippen LogP contribution in [-0.2, 0) is 24.5 Å². The topological polar surface area (TPSA) is 88.6 Å². The minimum absolute atomic E-state index is 0.0831. The van der Waals surface area contributed by atoms with Gasteiger partial charge >= 0.3 is 0 Å². The van der Waals surface area contributed by atoms with Crippen LogP contribution in [0.2, 0.25) is 0 Å².